The molecule has 1 amide bonds. The summed E-state index contributed by atoms with van der Waals surface area (Å²) in [5.74, 6) is -0.719. The van der Waals surface area contributed by atoms with Gasteiger partial charge in [0.15, 0.2) is 23.0 Å². The number of ether oxygens (including phenoxy) is 5. The van der Waals surface area contributed by atoms with Crippen molar-refractivity contribution in [1.29, 1.82) is 0 Å². The summed E-state index contributed by atoms with van der Waals surface area (Å²) in [7, 11) is 8.88. The fourth-order valence-corrected chi connectivity index (χ4v) is 4.00. The van der Waals surface area contributed by atoms with Crippen molar-refractivity contribution in [2.45, 2.75) is 12.0 Å². The number of hydrogen-bond acceptors (Lipinski definition) is 7. The van der Waals surface area contributed by atoms with E-state index in [0.29, 0.717) is 39.9 Å². The minimum absolute atomic E-state index is 0.247. The van der Waals surface area contributed by atoms with E-state index >= 15 is 0 Å². The summed E-state index contributed by atoms with van der Waals surface area (Å²) < 4.78 is 26.8. The average Bonchev–Trinajstić information content (AvgIpc) is 2.78. The van der Waals surface area contributed by atoms with Gasteiger partial charge < -0.3 is 33.7 Å². The van der Waals surface area contributed by atoms with E-state index in [1.807, 2.05) is 0 Å². The predicted octanol–water partition coefficient (Wildman–Crippen LogP) is 2.72. The van der Waals surface area contributed by atoms with Gasteiger partial charge in [-0.05, 0) is 35.4 Å². The highest BCUT2D eigenvalue weighted by atomic mass is 16.5. The summed E-state index contributed by atoms with van der Waals surface area (Å²) in [6.45, 7) is 0. The van der Waals surface area contributed by atoms with Crippen molar-refractivity contribution in [2.24, 2.45) is 0 Å². The first-order valence-corrected chi connectivity index (χ1v) is 9.38. The molecule has 9 heteroatoms. The Morgan fingerprint density at radius 3 is 1.81 bits per heavy atom. The zero-order chi connectivity index (χ0) is 22.9. The Kier molecular flexibility index (Phi) is 6.14. The largest absolute Gasteiger partial charge is 0.493 e. The molecule has 31 heavy (non-hydrogen) atoms. The number of hydrogen-bond donors (Lipinski definition) is 1. The first-order chi connectivity index (χ1) is 14.8. The molecule has 0 spiro atoms. The van der Waals surface area contributed by atoms with Crippen LogP contribution in [0.3, 0.4) is 0 Å². The van der Waals surface area contributed by atoms with Gasteiger partial charge in [-0.25, -0.2) is 0 Å². The molecule has 1 N–H and O–H groups in total. The lowest BCUT2D eigenvalue weighted by molar-refractivity contribution is -0.140. The Morgan fingerprint density at radius 1 is 0.839 bits per heavy atom. The van der Waals surface area contributed by atoms with Crippen LogP contribution in [0.5, 0.6) is 28.7 Å². The van der Waals surface area contributed by atoms with E-state index in [-0.39, 0.29) is 11.5 Å². The van der Waals surface area contributed by atoms with E-state index in [4.69, 9.17) is 23.7 Å². The number of likely N-dealkylation sites (N-methyl/N-ethyl adjacent to an activating group) is 1. The number of aliphatic carboxylic acids is 1. The second-order valence-electron chi connectivity index (χ2n) is 6.93. The van der Waals surface area contributed by atoms with Gasteiger partial charge in [0.2, 0.25) is 5.75 Å². The number of rotatable bonds is 7. The van der Waals surface area contributed by atoms with Crippen LogP contribution in [0.4, 0.5) is 0 Å². The summed E-state index contributed by atoms with van der Waals surface area (Å²) in [6, 6.07) is 5.52. The second kappa shape index (κ2) is 8.63. The van der Waals surface area contributed by atoms with Gasteiger partial charge in [-0.3, -0.25) is 9.59 Å². The van der Waals surface area contributed by atoms with Crippen LogP contribution in [-0.2, 0) is 4.79 Å². The van der Waals surface area contributed by atoms with Crippen LogP contribution in [0.25, 0.3) is 0 Å². The Balaban J connectivity index is 2.27. The summed E-state index contributed by atoms with van der Waals surface area (Å²) in [4.78, 5) is 27.1. The van der Waals surface area contributed by atoms with Crippen LogP contribution >= 0.6 is 0 Å². The monoisotopic (exact) mass is 431 g/mol. The Bertz CT molecular complexity index is 994. The van der Waals surface area contributed by atoms with E-state index in [1.54, 1.807) is 25.2 Å². The number of carboxylic acids is 1. The minimum atomic E-state index is -1.09. The Morgan fingerprint density at radius 2 is 1.35 bits per heavy atom. The standard InChI is InChI=1S/C22H25NO8/c1-23-19(11-7-16(29-4)20(31-6)17(8-11)30-5)18(22(25)26)12-9-14(27-2)15(28-3)10-13(12)21(23)24/h7-10,18-19H,1-6H3,(H,25,26)/t18-,19-/m1/s1. The van der Waals surface area contributed by atoms with Gasteiger partial charge in [0.05, 0.1) is 41.6 Å². The molecule has 0 bridgehead atoms. The van der Waals surface area contributed by atoms with Gasteiger partial charge in [0.1, 0.15) is 5.92 Å². The normalized spacial score (nSPS) is 17.6. The van der Waals surface area contributed by atoms with Gasteiger partial charge >= 0.3 is 5.97 Å². The van der Waals surface area contributed by atoms with Gasteiger partial charge in [-0.2, -0.15) is 0 Å². The van der Waals surface area contributed by atoms with Gasteiger partial charge in [0, 0.05) is 12.6 Å². The molecule has 3 rings (SSSR count). The van der Waals surface area contributed by atoms with Gasteiger partial charge in [0.25, 0.3) is 5.91 Å². The molecule has 0 aliphatic carbocycles. The minimum Gasteiger partial charge on any atom is -0.493 e. The number of carboxylic acid groups (broad SMARTS) is 1. The molecule has 2 aromatic carbocycles. The second-order valence-corrected chi connectivity index (χ2v) is 6.93. The molecule has 2 aromatic rings. The number of carbonyl (C=O) groups excluding carboxylic acids is 1. The molecule has 0 radical (unpaired) electrons. The van der Waals surface area contributed by atoms with Crippen molar-refractivity contribution in [1.82, 2.24) is 4.90 Å². The molecule has 0 saturated heterocycles. The number of carbonyl (C=O) groups is 2. The zero-order valence-electron chi connectivity index (χ0n) is 18.2. The smallest absolute Gasteiger partial charge is 0.313 e. The highest BCUT2D eigenvalue weighted by molar-refractivity contribution is 6.01. The average molecular weight is 431 g/mol. The summed E-state index contributed by atoms with van der Waals surface area (Å²) in [5.41, 5.74) is 1.11. The van der Waals surface area contributed by atoms with Crippen molar-refractivity contribution in [3.8, 4) is 28.7 Å². The Labute approximate surface area is 180 Å². The number of fused-ring (bicyclic) bond motifs is 1. The molecule has 0 unspecified atom stereocenters. The maximum absolute atomic E-state index is 13.2. The van der Waals surface area contributed by atoms with Crippen LogP contribution in [0, 0.1) is 0 Å². The third kappa shape index (κ3) is 3.56. The molecule has 0 aromatic heterocycles. The molecule has 1 aliphatic heterocycles. The molecule has 0 fully saturated rings. The van der Waals surface area contributed by atoms with E-state index in [9.17, 15) is 14.7 Å². The SMILES string of the molecule is COc1cc2c(cc1OC)[C@@H](C(=O)O)[C@@H](c1cc(OC)c(OC)c(OC)c1)N(C)C2=O. The first kappa shape index (κ1) is 22.1. The lowest BCUT2D eigenvalue weighted by atomic mass is 9.79. The van der Waals surface area contributed by atoms with E-state index < -0.39 is 17.9 Å². The molecule has 0 saturated carbocycles. The molecule has 1 heterocycles. The summed E-state index contributed by atoms with van der Waals surface area (Å²) in [6.07, 6.45) is 0. The maximum atomic E-state index is 13.2. The van der Waals surface area contributed by atoms with Crippen LogP contribution in [0.2, 0.25) is 0 Å². The molecule has 9 nitrogen and oxygen atoms in total. The third-order valence-corrected chi connectivity index (χ3v) is 5.47. The Hall–Kier alpha value is -3.62. The maximum Gasteiger partial charge on any atom is 0.313 e. The van der Waals surface area contributed by atoms with E-state index in [2.05, 4.69) is 0 Å². The van der Waals surface area contributed by atoms with Crippen molar-refractivity contribution in [3.63, 3.8) is 0 Å². The molecular weight excluding hydrogens is 406 g/mol. The van der Waals surface area contributed by atoms with Crippen LogP contribution in [0.15, 0.2) is 24.3 Å². The topological polar surface area (TPSA) is 104 Å². The first-order valence-electron chi connectivity index (χ1n) is 9.38. The van der Waals surface area contributed by atoms with Crippen molar-refractivity contribution in [3.05, 3.63) is 41.0 Å². The van der Waals surface area contributed by atoms with E-state index in [0.717, 1.165) is 0 Å². The predicted molar refractivity (Wildman–Crippen MR) is 111 cm³/mol. The van der Waals surface area contributed by atoms with Crippen LogP contribution in [-0.4, -0.2) is 64.5 Å². The van der Waals surface area contributed by atoms with Crippen molar-refractivity contribution >= 4 is 11.9 Å². The number of methoxy groups -OCH3 is 5. The van der Waals surface area contributed by atoms with Crippen LogP contribution in [0.1, 0.15) is 33.4 Å². The van der Waals surface area contributed by atoms with Gasteiger partial charge in [-0.15, -0.1) is 0 Å². The van der Waals surface area contributed by atoms with E-state index in [1.165, 1.54) is 46.5 Å². The summed E-state index contributed by atoms with van der Waals surface area (Å²) in [5, 5.41) is 10.2. The van der Waals surface area contributed by atoms with Crippen molar-refractivity contribution in [2.75, 3.05) is 42.6 Å². The van der Waals surface area contributed by atoms with Crippen LogP contribution < -0.4 is 23.7 Å². The third-order valence-electron chi connectivity index (χ3n) is 5.47. The molecular formula is C22H25NO8. The van der Waals surface area contributed by atoms with Crippen molar-refractivity contribution < 1.29 is 38.4 Å². The quantitative estimate of drug-likeness (QED) is 0.714. The highest BCUT2D eigenvalue weighted by Gasteiger charge is 2.44. The summed E-state index contributed by atoms with van der Waals surface area (Å²) >= 11 is 0. The number of benzene rings is 2. The zero-order valence-corrected chi connectivity index (χ0v) is 18.2. The fourth-order valence-electron chi connectivity index (χ4n) is 4.00. The lowest BCUT2D eigenvalue weighted by Gasteiger charge is -2.39. The lowest BCUT2D eigenvalue weighted by Crippen LogP contribution is -2.42. The molecule has 2 atom stereocenters. The van der Waals surface area contributed by atoms with Gasteiger partial charge in [-0.1, -0.05) is 0 Å². The molecule has 166 valence electrons. The molecule has 1 aliphatic rings. The highest BCUT2D eigenvalue weighted by Crippen LogP contribution is 2.48. The fraction of sp³-hybridized carbons (Fsp3) is 0.364. The number of amides is 1. The number of nitrogens with zero attached hydrogens (tertiary/aromatic N) is 1.